The minimum absolute atomic E-state index is 0.0611. The lowest BCUT2D eigenvalue weighted by Crippen LogP contribution is -2.43. The van der Waals surface area contributed by atoms with Crippen LogP contribution in [0.2, 0.25) is 0 Å². The van der Waals surface area contributed by atoms with Gasteiger partial charge in [0.1, 0.15) is 6.61 Å². The van der Waals surface area contributed by atoms with E-state index in [2.05, 4.69) is 34.6 Å². The minimum Gasteiger partial charge on any atom is -0.449 e. The minimum atomic E-state index is -0.810. The number of aromatic amines is 1. The Bertz CT molecular complexity index is 1890. The maximum Gasteiger partial charge on any atom is 0.407 e. The van der Waals surface area contributed by atoms with Crippen molar-refractivity contribution in [2.45, 2.75) is 18.4 Å². The van der Waals surface area contributed by atoms with Gasteiger partial charge in [-0.3, -0.25) is 4.79 Å². The molecule has 6 nitrogen and oxygen atoms in total. The topological polar surface area (TPSA) is 76.1 Å². The molecule has 0 spiro atoms. The van der Waals surface area contributed by atoms with Gasteiger partial charge >= 0.3 is 6.09 Å². The van der Waals surface area contributed by atoms with Crippen molar-refractivity contribution >= 4 is 33.7 Å². The predicted molar refractivity (Wildman–Crippen MR) is 161 cm³/mol. The molecule has 41 heavy (non-hydrogen) atoms. The third kappa shape index (κ3) is 4.38. The summed E-state index contributed by atoms with van der Waals surface area (Å²) >= 11 is 0. The molecule has 0 fully saturated rings. The molecular weight excluding hydrogens is 510 g/mol. The van der Waals surface area contributed by atoms with Crippen LogP contribution in [0.25, 0.3) is 32.9 Å². The number of ether oxygens (including phenoxy) is 1. The fourth-order valence-corrected chi connectivity index (χ4v) is 6.24. The normalized spacial score (nSPS) is 13.2. The molecule has 0 radical (unpaired) electrons. The highest BCUT2D eigenvalue weighted by molar-refractivity contribution is 6.11. The van der Waals surface area contributed by atoms with Crippen LogP contribution in [-0.4, -0.2) is 34.1 Å². The molecule has 2 N–H and O–H groups in total. The molecule has 0 aliphatic heterocycles. The summed E-state index contributed by atoms with van der Waals surface area (Å²) in [6.07, 6.45) is 3.48. The van der Waals surface area contributed by atoms with E-state index in [1.165, 1.54) is 11.1 Å². The number of fused-ring (bicyclic) bond motifs is 5. The van der Waals surface area contributed by atoms with Crippen molar-refractivity contribution in [1.29, 1.82) is 0 Å². The Labute approximate surface area is 237 Å². The summed E-state index contributed by atoms with van der Waals surface area (Å²) in [7, 11) is 1.92. The Kier molecular flexibility index (Phi) is 6.16. The highest BCUT2D eigenvalue weighted by atomic mass is 16.5. The largest absolute Gasteiger partial charge is 0.449 e. The molecule has 0 unspecified atom stereocenters. The molecule has 6 heteroatoms. The van der Waals surface area contributed by atoms with Gasteiger partial charge in [0.2, 0.25) is 0 Å². The number of alkyl carbamates (subject to hydrolysis) is 1. The molecule has 2 heterocycles. The van der Waals surface area contributed by atoms with Gasteiger partial charge in [0.05, 0.1) is 6.04 Å². The van der Waals surface area contributed by atoms with Crippen molar-refractivity contribution in [3.63, 3.8) is 0 Å². The van der Waals surface area contributed by atoms with Gasteiger partial charge in [0.15, 0.2) is 5.78 Å². The average molecular weight is 540 g/mol. The first-order chi connectivity index (χ1) is 20.1. The first kappa shape index (κ1) is 24.9. The number of nitrogens with zero attached hydrogens (tertiary/aromatic N) is 1. The van der Waals surface area contributed by atoms with Gasteiger partial charge in [0, 0.05) is 59.1 Å². The summed E-state index contributed by atoms with van der Waals surface area (Å²) in [5.41, 5.74) is 8.10. The molecule has 1 amide bonds. The molecule has 1 atom stereocenters. The van der Waals surface area contributed by atoms with Crippen LogP contribution in [0.5, 0.6) is 0 Å². The number of hydrogen-bond donors (Lipinski definition) is 2. The van der Waals surface area contributed by atoms with Gasteiger partial charge in [-0.2, -0.15) is 0 Å². The van der Waals surface area contributed by atoms with E-state index in [9.17, 15) is 9.59 Å². The molecular formula is C35H29N3O3. The van der Waals surface area contributed by atoms with Gasteiger partial charge in [-0.1, -0.05) is 84.9 Å². The second kappa shape index (κ2) is 10.1. The second-order valence-corrected chi connectivity index (χ2v) is 10.6. The predicted octanol–water partition coefficient (Wildman–Crippen LogP) is 6.99. The van der Waals surface area contributed by atoms with E-state index in [0.717, 1.165) is 38.5 Å². The Morgan fingerprint density at radius 3 is 2.24 bits per heavy atom. The van der Waals surface area contributed by atoms with Crippen LogP contribution in [0.3, 0.4) is 0 Å². The Balaban J connectivity index is 1.16. The first-order valence-electron chi connectivity index (χ1n) is 13.8. The summed E-state index contributed by atoms with van der Waals surface area (Å²) in [5.74, 6) is -0.213. The molecule has 202 valence electrons. The maximum absolute atomic E-state index is 14.1. The quantitative estimate of drug-likeness (QED) is 0.215. The molecule has 0 bridgehead atoms. The number of Topliss-reactive ketones (excluding diaryl/α,β-unsaturated/α-hetero) is 1. The number of nitrogens with one attached hydrogen (secondary N) is 2. The van der Waals surface area contributed by atoms with Crippen LogP contribution in [0.15, 0.2) is 109 Å². The van der Waals surface area contributed by atoms with Crippen LogP contribution in [0.1, 0.15) is 33.0 Å². The zero-order valence-electron chi connectivity index (χ0n) is 22.6. The lowest BCUT2D eigenvalue weighted by Gasteiger charge is -2.19. The van der Waals surface area contributed by atoms with Crippen molar-refractivity contribution in [3.8, 4) is 11.1 Å². The highest BCUT2D eigenvalue weighted by Gasteiger charge is 2.31. The molecule has 1 aliphatic carbocycles. The fraction of sp³-hybridized carbons (Fsp3) is 0.143. The van der Waals surface area contributed by atoms with Crippen molar-refractivity contribution in [2.24, 2.45) is 7.05 Å². The van der Waals surface area contributed by atoms with Crippen LogP contribution in [0, 0.1) is 0 Å². The second-order valence-electron chi connectivity index (χ2n) is 10.6. The average Bonchev–Trinajstić information content (AvgIpc) is 3.67. The third-order valence-corrected chi connectivity index (χ3v) is 8.21. The summed E-state index contributed by atoms with van der Waals surface area (Å²) in [6.45, 7) is 0.183. The molecule has 2 aromatic heterocycles. The number of aromatic nitrogens is 2. The molecule has 1 aliphatic rings. The number of H-pyrrole nitrogens is 1. The number of hydrogen-bond acceptors (Lipinski definition) is 3. The number of rotatable bonds is 7. The number of aryl methyl sites for hydroxylation is 1. The Morgan fingerprint density at radius 1 is 0.854 bits per heavy atom. The van der Waals surface area contributed by atoms with Gasteiger partial charge in [0.25, 0.3) is 0 Å². The number of ketones is 1. The van der Waals surface area contributed by atoms with E-state index in [0.29, 0.717) is 12.0 Å². The van der Waals surface area contributed by atoms with E-state index in [1.807, 2.05) is 96.8 Å². The molecule has 4 aromatic carbocycles. The van der Waals surface area contributed by atoms with E-state index in [1.54, 1.807) is 0 Å². The number of benzene rings is 4. The molecule has 6 aromatic rings. The third-order valence-electron chi connectivity index (χ3n) is 8.21. The van der Waals surface area contributed by atoms with Crippen molar-refractivity contribution < 1.29 is 14.3 Å². The van der Waals surface area contributed by atoms with Gasteiger partial charge < -0.3 is 19.6 Å². The smallest absolute Gasteiger partial charge is 0.407 e. The van der Waals surface area contributed by atoms with E-state index in [-0.39, 0.29) is 18.3 Å². The van der Waals surface area contributed by atoms with Crippen molar-refractivity contribution in [3.05, 3.63) is 132 Å². The summed E-state index contributed by atoms with van der Waals surface area (Å²) in [4.78, 5) is 30.7. The summed E-state index contributed by atoms with van der Waals surface area (Å²) in [5, 5.41) is 4.82. The molecule has 7 rings (SSSR count). The highest BCUT2D eigenvalue weighted by Crippen LogP contribution is 2.44. The number of carbonyl (C=O) groups excluding carboxylic acids is 2. The van der Waals surface area contributed by atoms with E-state index >= 15 is 0 Å². The van der Waals surface area contributed by atoms with Crippen LogP contribution in [-0.2, 0) is 18.2 Å². The maximum atomic E-state index is 14.1. The van der Waals surface area contributed by atoms with Gasteiger partial charge in [-0.25, -0.2) is 4.79 Å². The Morgan fingerprint density at radius 2 is 1.49 bits per heavy atom. The van der Waals surface area contributed by atoms with E-state index < -0.39 is 12.1 Å². The van der Waals surface area contributed by atoms with E-state index in [4.69, 9.17) is 4.74 Å². The fourth-order valence-electron chi connectivity index (χ4n) is 6.24. The van der Waals surface area contributed by atoms with Crippen LogP contribution >= 0.6 is 0 Å². The first-order valence-corrected chi connectivity index (χ1v) is 13.8. The number of amides is 1. The van der Waals surface area contributed by atoms with Crippen LogP contribution < -0.4 is 5.32 Å². The Hall–Kier alpha value is -5.10. The molecule has 0 saturated carbocycles. The lowest BCUT2D eigenvalue weighted by molar-refractivity contribution is 0.0920. The standard InChI is InChI=1S/C35H29N3O3/c1-38-20-29(28-15-7-9-17-33(28)38)34(39)32(18-22-19-36-31-16-8-6-10-23(22)31)37-35(40)41-21-30-26-13-4-2-11-24(26)25-12-3-5-14-27(25)30/h2-17,19-20,30,32,36H,18,21H2,1H3,(H,37,40)/t32-/m0/s1. The number of carbonyl (C=O) groups is 2. The zero-order valence-corrected chi connectivity index (χ0v) is 22.6. The SMILES string of the molecule is Cn1cc(C(=O)[C@H](Cc2c[nH]c3ccccc23)NC(=O)OCC2c3ccccc3-c3ccccc32)c2ccccc21. The summed E-state index contributed by atoms with van der Waals surface area (Å²) < 4.78 is 7.78. The molecule has 0 saturated heterocycles. The van der Waals surface area contributed by atoms with Crippen molar-refractivity contribution in [2.75, 3.05) is 6.61 Å². The zero-order chi connectivity index (χ0) is 27.9. The van der Waals surface area contributed by atoms with Gasteiger partial charge in [-0.15, -0.1) is 0 Å². The summed E-state index contributed by atoms with van der Waals surface area (Å²) in [6, 6.07) is 31.4. The lowest BCUT2D eigenvalue weighted by atomic mass is 9.97. The monoisotopic (exact) mass is 539 g/mol. The van der Waals surface area contributed by atoms with Crippen LogP contribution in [0.4, 0.5) is 4.79 Å². The number of para-hydroxylation sites is 2. The van der Waals surface area contributed by atoms with Gasteiger partial charge in [-0.05, 0) is 39.9 Å². The van der Waals surface area contributed by atoms with Crippen molar-refractivity contribution in [1.82, 2.24) is 14.9 Å².